The lowest BCUT2D eigenvalue weighted by atomic mass is 9.92. The van der Waals surface area contributed by atoms with E-state index in [1.165, 1.54) is 14.2 Å². The fourth-order valence-corrected chi connectivity index (χ4v) is 3.49. The number of hydrogen-bond acceptors (Lipinski definition) is 5. The number of aryl methyl sites for hydroxylation is 2. The molecule has 1 aromatic heterocycles. The fourth-order valence-electron chi connectivity index (χ4n) is 3.49. The largest absolute Gasteiger partial charge is 0.497 e. The minimum Gasteiger partial charge on any atom is -0.497 e. The van der Waals surface area contributed by atoms with Gasteiger partial charge in [-0.2, -0.15) is 5.10 Å². The van der Waals surface area contributed by atoms with Crippen LogP contribution in [-0.4, -0.2) is 42.4 Å². The van der Waals surface area contributed by atoms with Gasteiger partial charge in [0.1, 0.15) is 17.3 Å². The van der Waals surface area contributed by atoms with E-state index in [-0.39, 0.29) is 17.9 Å². The maximum Gasteiger partial charge on any atom is 0.255 e. The number of carbonyl (C=O) groups excluding carboxylic acids is 2. The van der Waals surface area contributed by atoms with Crippen LogP contribution >= 0.6 is 0 Å². The van der Waals surface area contributed by atoms with Gasteiger partial charge in [-0.1, -0.05) is 38.5 Å². The number of hydrogen-bond donors (Lipinski definition) is 2. The number of nitrogens with zero attached hydrogens (tertiary/aromatic N) is 2. The van der Waals surface area contributed by atoms with Crippen molar-refractivity contribution in [2.45, 2.75) is 40.0 Å². The summed E-state index contributed by atoms with van der Waals surface area (Å²) in [6, 6.07) is 12.8. The van der Waals surface area contributed by atoms with Crippen LogP contribution in [-0.2, 0) is 10.2 Å². The molecule has 0 unspecified atom stereocenters. The Morgan fingerprint density at radius 2 is 1.74 bits per heavy atom. The van der Waals surface area contributed by atoms with Crippen molar-refractivity contribution in [3.8, 4) is 17.2 Å². The number of ether oxygens (including phenoxy) is 2. The predicted octanol–water partition coefficient (Wildman–Crippen LogP) is 4.17. The molecule has 0 fully saturated rings. The summed E-state index contributed by atoms with van der Waals surface area (Å²) in [5.74, 6) is 0.679. The summed E-state index contributed by atoms with van der Waals surface area (Å²) in [5, 5.41) is 10.3. The van der Waals surface area contributed by atoms with Crippen LogP contribution in [0.5, 0.6) is 11.5 Å². The second-order valence-electron chi connectivity index (χ2n) is 9.16. The maximum absolute atomic E-state index is 12.8. The van der Waals surface area contributed by atoms with Crippen LogP contribution in [0, 0.1) is 13.8 Å². The zero-order valence-electron chi connectivity index (χ0n) is 20.8. The normalized spacial score (nSPS) is 11.1. The summed E-state index contributed by atoms with van der Waals surface area (Å²) in [4.78, 5) is 25.4. The number of aromatic nitrogens is 2. The van der Waals surface area contributed by atoms with E-state index in [0.29, 0.717) is 22.9 Å². The summed E-state index contributed by atoms with van der Waals surface area (Å²) in [6.07, 6.45) is 0. The van der Waals surface area contributed by atoms with Gasteiger partial charge in [-0.3, -0.25) is 9.59 Å². The van der Waals surface area contributed by atoms with Gasteiger partial charge < -0.3 is 20.1 Å². The SMILES string of the molecule is COc1ccc(C(=O)NCC(=O)Nc2cc(C(C)(C)C)nn2-c2ccc(C)cc2C)c(OC)c1. The molecule has 0 spiro atoms. The van der Waals surface area contributed by atoms with E-state index < -0.39 is 5.91 Å². The number of carbonyl (C=O) groups is 2. The smallest absolute Gasteiger partial charge is 0.255 e. The van der Waals surface area contributed by atoms with Crippen LogP contribution in [0.15, 0.2) is 42.5 Å². The molecule has 0 saturated carbocycles. The van der Waals surface area contributed by atoms with E-state index in [2.05, 4.69) is 37.5 Å². The third kappa shape index (κ3) is 5.57. The van der Waals surface area contributed by atoms with Gasteiger partial charge in [-0.05, 0) is 37.6 Å². The molecule has 2 amide bonds. The monoisotopic (exact) mass is 464 g/mol. The van der Waals surface area contributed by atoms with Crippen molar-refractivity contribution in [3.63, 3.8) is 0 Å². The molecule has 2 N–H and O–H groups in total. The van der Waals surface area contributed by atoms with Gasteiger partial charge in [0.2, 0.25) is 5.91 Å². The molecule has 0 bridgehead atoms. The van der Waals surface area contributed by atoms with Crippen molar-refractivity contribution in [3.05, 3.63) is 64.8 Å². The highest BCUT2D eigenvalue weighted by Crippen LogP contribution is 2.28. The molecule has 0 radical (unpaired) electrons. The van der Waals surface area contributed by atoms with Crippen LogP contribution in [0.4, 0.5) is 5.82 Å². The number of anilines is 1. The first-order valence-electron chi connectivity index (χ1n) is 11.0. The zero-order valence-corrected chi connectivity index (χ0v) is 20.8. The Kier molecular flexibility index (Phi) is 7.29. The quantitative estimate of drug-likeness (QED) is 0.547. The average molecular weight is 465 g/mol. The van der Waals surface area contributed by atoms with Crippen LogP contribution in [0.25, 0.3) is 5.69 Å². The average Bonchev–Trinajstić information content (AvgIpc) is 3.20. The van der Waals surface area contributed by atoms with Crippen molar-refractivity contribution in [1.82, 2.24) is 15.1 Å². The van der Waals surface area contributed by atoms with Crippen molar-refractivity contribution < 1.29 is 19.1 Å². The standard InChI is InChI=1S/C26H32N4O4/c1-16-8-11-20(17(2)12-16)30-23(14-22(29-30)26(3,4)5)28-24(31)15-27-25(32)19-10-9-18(33-6)13-21(19)34-7/h8-14H,15H2,1-7H3,(H,27,32)(H,28,31). The van der Waals surface area contributed by atoms with Crippen LogP contribution < -0.4 is 20.1 Å². The second kappa shape index (κ2) is 9.99. The van der Waals surface area contributed by atoms with Gasteiger partial charge in [0.25, 0.3) is 5.91 Å². The summed E-state index contributed by atoms with van der Waals surface area (Å²) in [7, 11) is 3.01. The Balaban J connectivity index is 1.79. The van der Waals surface area contributed by atoms with Gasteiger partial charge in [-0.25, -0.2) is 4.68 Å². The Morgan fingerprint density at radius 1 is 1.00 bits per heavy atom. The Hall–Kier alpha value is -3.81. The highest BCUT2D eigenvalue weighted by atomic mass is 16.5. The number of rotatable bonds is 7. The number of benzene rings is 2. The van der Waals surface area contributed by atoms with E-state index in [9.17, 15) is 9.59 Å². The number of nitrogens with one attached hydrogen (secondary N) is 2. The summed E-state index contributed by atoms with van der Waals surface area (Å²) < 4.78 is 12.2. The van der Waals surface area contributed by atoms with Gasteiger partial charge in [0.05, 0.1) is 37.7 Å². The summed E-state index contributed by atoms with van der Waals surface area (Å²) in [6.45, 7) is 10.0. The third-order valence-corrected chi connectivity index (χ3v) is 5.39. The van der Waals surface area contributed by atoms with Gasteiger partial charge >= 0.3 is 0 Å². The van der Waals surface area contributed by atoms with E-state index in [1.807, 2.05) is 32.0 Å². The molecule has 2 aromatic carbocycles. The first-order valence-corrected chi connectivity index (χ1v) is 11.0. The lowest BCUT2D eigenvalue weighted by Crippen LogP contribution is -2.33. The molecule has 0 saturated heterocycles. The number of methoxy groups -OCH3 is 2. The molecule has 3 rings (SSSR count). The highest BCUT2D eigenvalue weighted by molar-refractivity contribution is 6.01. The zero-order chi connectivity index (χ0) is 25.0. The predicted molar refractivity (Wildman–Crippen MR) is 132 cm³/mol. The lowest BCUT2D eigenvalue weighted by molar-refractivity contribution is -0.115. The van der Waals surface area contributed by atoms with Crippen molar-refractivity contribution in [2.24, 2.45) is 0 Å². The molecule has 1 heterocycles. The van der Waals surface area contributed by atoms with Crippen molar-refractivity contribution in [2.75, 3.05) is 26.1 Å². The van der Waals surface area contributed by atoms with Gasteiger partial charge in [0, 0.05) is 17.5 Å². The van der Waals surface area contributed by atoms with Crippen LogP contribution in [0.3, 0.4) is 0 Å². The molecule has 8 nitrogen and oxygen atoms in total. The molecular weight excluding hydrogens is 432 g/mol. The topological polar surface area (TPSA) is 94.5 Å². The Morgan fingerprint density at radius 3 is 2.35 bits per heavy atom. The summed E-state index contributed by atoms with van der Waals surface area (Å²) in [5.41, 5.74) is 4.01. The van der Waals surface area contributed by atoms with E-state index in [1.54, 1.807) is 22.9 Å². The van der Waals surface area contributed by atoms with Crippen LogP contribution in [0.1, 0.15) is 48.0 Å². The Bertz CT molecular complexity index is 1210. The van der Waals surface area contributed by atoms with Gasteiger partial charge in [0.15, 0.2) is 0 Å². The minimum atomic E-state index is -0.423. The maximum atomic E-state index is 12.8. The fraction of sp³-hybridized carbons (Fsp3) is 0.346. The Labute approximate surface area is 200 Å². The second-order valence-corrected chi connectivity index (χ2v) is 9.16. The molecule has 0 aliphatic heterocycles. The van der Waals surface area contributed by atoms with E-state index >= 15 is 0 Å². The molecule has 0 aliphatic rings. The minimum absolute atomic E-state index is 0.206. The number of amides is 2. The molecule has 180 valence electrons. The first-order chi connectivity index (χ1) is 16.0. The molecule has 8 heteroatoms. The third-order valence-electron chi connectivity index (χ3n) is 5.39. The van der Waals surface area contributed by atoms with Crippen LogP contribution in [0.2, 0.25) is 0 Å². The van der Waals surface area contributed by atoms with E-state index in [0.717, 1.165) is 22.5 Å². The molecule has 34 heavy (non-hydrogen) atoms. The molecule has 0 atom stereocenters. The first kappa shape index (κ1) is 24.8. The summed E-state index contributed by atoms with van der Waals surface area (Å²) >= 11 is 0. The molecule has 0 aliphatic carbocycles. The van der Waals surface area contributed by atoms with E-state index in [4.69, 9.17) is 14.6 Å². The van der Waals surface area contributed by atoms with Gasteiger partial charge in [-0.15, -0.1) is 0 Å². The molecular formula is C26H32N4O4. The highest BCUT2D eigenvalue weighted by Gasteiger charge is 2.22. The molecule has 3 aromatic rings. The van der Waals surface area contributed by atoms with Crippen molar-refractivity contribution >= 4 is 17.6 Å². The lowest BCUT2D eigenvalue weighted by Gasteiger charge is -2.14. The van der Waals surface area contributed by atoms with Crippen molar-refractivity contribution in [1.29, 1.82) is 0 Å².